The van der Waals surface area contributed by atoms with Crippen LogP contribution in [0.1, 0.15) is 35.9 Å². The van der Waals surface area contributed by atoms with E-state index in [1.165, 1.54) is 0 Å². The van der Waals surface area contributed by atoms with Crippen molar-refractivity contribution in [1.82, 2.24) is 20.1 Å². The molecule has 0 fully saturated rings. The van der Waals surface area contributed by atoms with Gasteiger partial charge in [0, 0.05) is 17.5 Å². The standard InChI is InChI=1S/C20H19N5O3/c1-3-16-23-24-19-18(22-20(26)27)21-17(12-8-10-13(28-2)11-9-12)14-6-4-5-7-15(14)25(16)19/h4-11,18,22H,3H2,1-2H3,(H,26,27). The van der Waals surface area contributed by atoms with Crippen LogP contribution >= 0.6 is 0 Å². The molecule has 0 saturated carbocycles. The molecule has 2 heterocycles. The topological polar surface area (TPSA) is 102 Å². The van der Waals surface area contributed by atoms with Crippen LogP contribution in [0.3, 0.4) is 0 Å². The fourth-order valence-corrected chi connectivity index (χ4v) is 3.32. The second kappa shape index (κ2) is 7.15. The lowest BCUT2D eigenvalue weighted by molar-refractivity contribution is 0.189. The minimum Gasteiger partial charge on any atom is -0.497 e. The summed E-state index contributed by atoms with van der Waals surface area (Å²) in [6, 6.07) is 15.3. The Bertz CT molecular complexity index is 1060. The minimum absolute atomic E-state index is 0.440. The van der Waals surface area contributed by atoms with Crippen molar-refractivity contribution >= 4 is 11.8 Å². The van der Waals surface area contributed by atoms with Crippen LogP contribution in [-0.2, 0) is 6.42 Å². The molecule has 8 nitrogen and oxygen atoms in total. The van der Waals surface area contributed by atoms with Crippen molar-refractivity contribution in [2.45, 2.75) is 19.5 Å². The lowest BCUT2D eigenvalue weighted by Crippen LogP contribution is -2.27. The summed E-state index contributed by atoms with van der Waals surface area (Å²) in [4.78, 5) is 16.1. The van der Waals surface area contributed by atoms with Crippen molar-refractivity contribution < 1.29 is 14.6 Å². The number of benzene rings is 2. The Hall–Kier alpha value is -3.68. The lowest BCUT2D eigenvalue weighted by atomic mass is 10.0. The summed E-state index contributed by atoms with van der Waals surface area (Å²) < 4.78 is 7.13. The molecule has 1 aliphatic heterocycles. The smallest absolute Gasteiger partial charge is 0.406 e. The fourth-order valence-electron chi connectivity index (χ4n) is 3.32. The first kappa shape index (κ1) is 17.7. The molecule has 0 spiro atoms. The number of nitrogens with zero attached hydrogens (tertiary/aromatic N) is 4. The van der Waals surface area contributed by atoms with Crippen LogP contribution in [0, 0.1) is 0 Å². The zero-order chi connectivity index (χ0) is 19.7. The zero-order valence-electron chi connectivity index (χ0n) is 15.5. The number of nitrogens with one attached hydrogen (secondary N) is 1. The van der Waals surface area contributed by atoms with Gasteiger partial charge in [-0.3, -0.25) is 14.9 Å². The van der Waals surface area contributed by atoms with Gasteiger partial charge in [0.25, 0.3) is 0 Å². The Morgan fingerprint density at radius 2 is 1.93 bits per heavy atom. The number of rotatable bonds is 4. The van der Waals surface area contributed by atoms with Gasteiger partial charge in [-0.25, -0.2) is 4.79 Å². The van der Waals surface area contributed by atoms with Gasteiger partial charge in [0.15, 0.2) is 12.0 Å². The maximum atomic E-state index is 11.4. The highest BCUT2D eigenvalue weighted by molar-refractivity contribution is 6.15. The van der Waals surface area contributed by atoms with Crippen LogP contribution in [-0.4, -0.2) is 38.8 Å². The number of fused-ring (bicyclic) bond motifs is 3. The third kappa shape index (κ3) is 2.98. The largest absolute Gasteiger partial charge is 0.497 e. The van der Waals surface area contributed by atoms with Crippen LogP contribution in [0.5, 0.6) is 5.75 Å². The summed E-state index contributed by atoms with van der Waals surface area (Å²) in [5.74, 6) is 1.91. The normalized spacial score (nSPS) is 15.1. The van der Waals surface area contributed by atoms with Gasteiger partial charge in [-0.05, 0) is 30.3 Å². The van der Waals surface area contributed by atoms with Crippen LogP contribution in [0.15, 0.2) is 53.5 Å². The molecule has 28 heavy (non-hydrogen) atoms. The Morgan fingerprint density at radius 3 is 2.61 bits per heavy atom. The molecule has 1 atom stereocenters. The van der Waals surface area contributed by atoms with E-state index >= 15 is 0 Å². The van der Waals surface area contributed by atoms with Crippen LogP contribution in [0.25, 0.3) is 5.69 Å². The van der Waals surface area contributed by atoms with E-state index < -0.39 is 12.3 Å². The highest BCUT2D eigenvalue weighted by Gasteiger charge is 2.29. The number of carboxylic acid groups (broad SMARTS) is 1. The van der Waals surface area contributed by atoms with Gasteiger partial charge in [0.1, 0.15) is 11.6 Å². The second-order valence-corrected chi connectivity index (χ2v) is 6.24. The summed E-state index contributed by atoms with van der Waals surface area (Å²) in [6.07, 6.45) is -1.41. The number of para-hydroxylation sites is 1. The molecule has 0 saturated heterocycles. The van der Waals surface area contributed by atoms with Crippen molar-refractivity contribution in [2.75, 3.05) is 7.11 Å². The quantitative estimate of drug-likeness (QED) is 0.728. The van der Waals surface area contributed by atoms with Crippen LogP contribution in [0.2, 0.25) is 0 Å². The summed E-state index contributed by atoms with van der Waals surface area (Å²) in [5.41, 5.74) is 3.26. The number of hydrogen-bond acceptors (Lipinski definition) is 5. The number of carbonyl (C=O) groups is 1. The van der Waals surface area contributed by atoms with E-state index in [1.54, 1.807) is 7.11 Å². The zero-order valence-corrected chi connectivity index (χ0v) is 15.5. The van der Waals surface area contributed by atoms with Crippen LogP contribution < -0.4 is 10.1 Å². The molecule has 8 heteroatoms. The number of hydrogen-bond donors (Lipinski definition) is 2. The molecular formula is C20H19N5O3. The SMILES string of the molecule is CCc1nnc2n1-c1ccccc1C(c1ccc(OC)cc1)=NC2NC(=O)O. The molecule has 142 valence electrons. The van der Waals surface area contributed by atoms with E-state index in [1.807, 2.05) is 60.0 Å². The van der Waals surface area contributed by atoms with Crippen molar-refractivity contribution in [3.05, 3.63) is 71.3 Å². The van der Waals surface area contributed by atoms with Gasteiger partial charge < -0.3 is 9.84 Å². The van der Waals surface area contributed by atoms with E-state index in [9.17, 15) is 9.90 Å². The van der Waals surface area contributed by atoms with E-state index in [2.05, 4.69) is 15.5 Å². The molecule has 0 radical (unpaired) electrons. The van der Waals surface area contributed by atoms with Gasteiger partial charge in [0.05, 0.1) is 18.5 Å². The molecule has 1 aromatic heterocycles. The molecule has 1 unspecified atom stereocenters. The average Bonchev–Trinajstić information content (AvgIpc) is 3.09. The van der Waals surface area contributed by atoms with Crippen LogP contribution in [0.4, 0.5) is 4.79 Å². The Labute approximate surface area is 161 Å². The predicted molar refractivity (Wildman–Crippen MR) is 103 cm³/mol. The van der Waals surface area contributed by atoms with Gasteiger partial charge in [0.2, 0.25) is 0 Å². The maximum Gasteiger partial charge on any atom is 0.406 e. The molecule has 0 aliphatic carbocycles. The number of aryl methyl sites for hydroxylation is 1. The molecule has 2 N–H and O–H groups in total. The number of aliphatic imine (C=N–C) groups is 1. The molecule has 3 aromatic rings. The predicted octanol–water partition coefficient (Wildman–Crippen LogP) is 2.96. The van der Waals surface area contributed by atoms with E-state index in [0.717, 1.165) is 28.4 Å². The monoisotopic (exact) mass is 377 g/mol. The maximum absolute atomic E-state index is 11.4. The Balaban J connectivity index is 1.96. The van der Waals surface area contributed by atoms with Crippen molar-refractivity contribution in [2.24, 2.45) is 4.99 Å². The van der Waals surface area contributed by atoms with Crippen molar-refractivity contribution in [3.63, 3.8) is 0 Å². The summed E-state index contributed by atoms with van der Waals surface area (Å²) in [5, 5.41) is 20.3. The Morgan fingerprint density at radius 1 is 1.18 bits per heavy atom. The number of aromatic nitrogens is 3. The van der Waals surface area contributed by atoms with Gasteiger partial charge in [-0.2, -0.15) is 0 Å². The second-order valence-electron chi connectivity index (χ2n) is 6.24. The first-order valence-corrected chi connectivity index (χ1v) is 8.88. The average molecular weight is 377 g/mol. The van der Waals surface area contributed by atoms with Crippen molar-refractivity contribution in [1.29, 1.82) is 0 Å². The number of ether oxygens (including phenoxy) is 1. The summed E-state index contributed by atoms with van der Waals surface area (Å²) in [7, 11) is 1.61. The first-order valence-electron chi connectivity index (χ1n) is 8.88. The first-order chi connectivity index (χ1) is 13.6. The Kier molecular flexibility index (Phi) is 4.52. The van der Waals surface area contributed by atoms with E-state index in [0.29, 0.717) is 18.0 Å². The van der Waals surface area contributed by atoms with Gasteiger partial charge in [-0.1, -0.05) is 25.1 Å². The lowest BCUT2D eigenvalue weighted by Gasteiger charge is -2.13. The third-order valence-corrected chi connectivity index (χ3v) is 4.60. The molecule has 1 amide bonds. The highest BCUT2D eigenvalue weighted by atomic mass is 16.5. The molecule has 0 bridgehead atoms. The molecule has 2 aromatic carbocycles. The summed E-state index contributed by atoms with van der Waals surface area (Å²) in [6.45, 7) is 1.98. The minimum atomic E-state index is -1.18. The molecule has 4 rings (SSSR count). The highest BCUT2D eigenvalue weighted by Crippen LogP contribution is 2.30. The fraction of sp³-hybridized carbons (Fsp3) is 0.200. The number of methoxy groups -OCH3 is 1. The number of amides is 1. The van der Waals surface area contributed by atoms with E-state index in [-0.39, 0.29) is 0 Å². The molecular weight excluding hydrogens is 358 g/mol. The van der Waals surface area contributed by atoms with Gasteiger partial charge in [-0.15, -0.1) is 10.2 Å². The third-order valence-electron chi connectivity index (χ3n) is 4.60. The van der Waals surface area contributed by atoms with Crippen molar-refractivity contribution in [3.8, 4) is 11.4 Å². The molecule has 1 aliphatic rings. The summed E-state index contributed by atoms with van der Waals surface area (Å²) >= 11 is 0. The van der Waals surface area contributed by atoms with E-state index in [4.69, 9.17) is 9.73 Å². The van der Waals surface area contributed by atoms with Gasteiger partial charge >= 0.3 is 6.09 Å².